The molecule has 1 N–H and O–H groups in total. The third-order valence-corrected chi connectivity index (χ3v) is 4.72. The van der Waals surface area contributed by atoms with E-state index < -0.39 is 0 Å². The summed E-state index contributed by atoms with van der Waals surface area (Å²) in [5, 5.41) is 8.16. The Bertz CT molecular complexity index is 937. The molecule has 0 radical (unpaired) electrons. The van der Waals surface area contributed by atoms with Gasteiger partial charge in [0.15, 0.2) is 11.5 Å². The number of aromatic nitrogens is 5. The predicted molar refractivity (Wildman–Crippen MR) is 98.5 cm³/mol. The number of amides is 1. The fraction of sp³-hybridized carbons (Fsp3) is 0.389. The van der Waals surface area contributed by atoms with Gasteiger partial charge in [-0.1, -0.05) is 0 Å². The van der Waals surface area contributed by atoms with Crippen molar-refractivity contribution in [3.63, 3.8) is 0 Å². The summed E-state index contributed by atoms with van der Waals surface area (Å²) in [7, 11) is 1.87. The normalized spacial score (nSPS) is 17.0. The van der Waals surface area contributed by atoms with Gasteiger partial charge in [-0.3, -0.25) is 14.5 Å². The molecule has 4 heterocycles. The van der Waals surface area contributed by atoms with Gasteiger partial charge in [-0.25, -0.2) is 9.97 Å². The van der Waals surface area contributed by atoms with Crippen LogP contribution in [0.1, 0.15) is 13.3 Å². The molecule has 0 spiro atoms. The van der Waals surface area contributed by atoms with Gasteiger partial charge in [0.05, 0.1) is 17.5 Å². The van der Waals surface area contributed by atoms with E-state index in [4.69, 9.17) is 4.98 Å². The van der Waals surface area contributed by atoms with Crippen LogP contribution in [-0.2, 0) is 11.8 Å². The van der Waals surface area contributed by atoms with Crippen LogP contribution in [0.4, 0.5) is 5.82 Å². The van der Waals surface area contributed by atoms with E-state index in [-0.39, 0.29) is 11.8 Å². The van der Waals surface area contributed by atoms with Crippen LogP contribution in [0.15, 0.2) is 30.7 Å². The second-order valence-corrected chi connectivity index (χ2v) is 6.44. The van der Waals surface area contributed by atoms with Crippen molar-refractivity contribution in [2.75, 3.05) is 24.5 Å². The first-order valence-electron chi connectivity index (χ1n) is 8.80. The summed E-state index contributed by atoms with van der Waals surface area (Å²) in [4.78, 5) is 27.9. The van der Waals surface area contributed by atoms with Crippen molar-refractivity contribution < 1.29 is 4.79 Å². The molecule has 0 aromatic carbocycles. The van der Waals surface area contributed by atoms with Gasteiger partial charge in [0, 0.05) is 44.6 Å². The third kappa shape index (κ3) is 2.87. The average molecular weight is 351 g/mol. The van der Waals surface area contributed by atoms with Gasteiger partial charge in [-0.05, 0) is 25.5 Å². The number of fused-ring (bicyclic) bond motifs is 1. The van der Waals surface area contributed by atoms with Gasteiger partial charge < -0.3 is 10.2 Å². The molecule has 8 nitrogen and oxygen atoms in total. The van der Waals surface area contributed by atoms with Crippen molar-refractivity contribution in [1.29, 1.82) is 0 Å². The van der Waals surface area contributed by atoms with Crippen molar-refractivity contribution in [1.82, 2.24) is 30.0 Å². The Morgan fingerprint density at radius 2 is 2.12 bits per heavy atom. The molecule has 4 rings (SSSR count). The summed E-state index contributed by atoms with van der Waals surface area (Å²) in [6, 6.07) is 3.78. The second kappa shape index (κ2) is 6.70. The van der Waals surface area contributed by atoms with E-state index in [1.165, 1.54) is 0 Å². The Hall–Kier alpha value is -3.03. The SMILES string of the molecule is CCNC(=O)[C@H]1CCN(c2nc(-c3ccncc3)nc3c2cnn3C)C1. The lowest BCUT2D eigenvalue weighted by atomic mass is 10.1. The fourth-order valence-electron chi connectivity index (χ4n) is 3.36. The maximum atomic E-state index is 12.2. The van der Waals surface area contributed by atoms with Gasteiger partial charge in [-0.15, -0.1) is 0 Å². The van der Waals surface area contributed by atoms with Crippen LogP contribution in [0.3, 0.4) is 0 Å². The summed E-state index contributed by atoms with van der Waals surface area (Å²) in [6.07, 6.45) is 6.07. The highest BCUT2D eigenvalue weighted by Crippen LogP contribution is 2.30. The molecule has 8 heteroatoms. The Kier molecular flexibility index (Phi) is 4.24. The lowest BCUT2D eigenvalue weighted by molar-refractivity contribution is -0.124. The predicted octanol–water partition coefficient (Wildman–Crippen LogP) is 1.39. The quantitative estimate of drug-likeness (QED) is 0.764. The first-order chi connectivity index (χ1) is 12.7. The van der Waals surface area contributed by atoms with Crippen molar-refractivity contribution in [3.8, 4) is 11.4 Å². The van der Waals surface area contributed by atoms with E-state index in [0.717, 1.165) is 35.4 Å². The Balaban J connectivity index is 1.74. The minimum Gasteiger partial charge on any atom is -0.356 e. The summed E-state index contributed by atoms with van der Waals surface area (Å²) in [5.74, 6) is 1.57. The Morgan fingerprint density at radius 3 is 2.88 bits per heavy atom. The highest BCUT2D eigenvalue weighted by atomic mass is 16.1. The van der Waals surface area contributed by atoms with E-state index in [1.54, 1.807) is 23.3 Å². The monoisotopic (exact) mass is 351 g/mol. The zero-order chi connectivity index (χ0) is 18.1. The van der Waals surface area contributed by atoms with Crippen molar-refractivity contribution in [3.05, 3.63) is 30.7 Å². The molecule has 1 aliphatic rings. The van der Waals surface area contributed by atoms with Gasteiger partial charge >= 0.3 is 0 Å². The molecule has 1 atom stereocenters. The molecule has 1 aliphatic heterocycles. The number of carbonyl (C=O) groups is 1. The molecule has 1 fully saturated rings. The maximum Gasteiger partial charge on any atom is 0.224 e. The topological polar surface area (TPSA) is 88.8 Å². The number of hydrogen-bond acceptors (Lipinski definition) is 6. The number of anilines is 1. The van der Waals surface area contributed by atoms with Gasteiger partial charge in [0.25, 0.3) is 0 Å². The molecule has 0 aliphatic carbocycles. The minimum atomic E-state index is -0.0130. The molecular formula is C18H21N7O. The number of pyridine rings is 1. The van der Waals surface area contributed by atoms with Crippen LogP contribution in [0, 0.1) is 5.92 Å². The highest BCUT2D eigenvalue weighted by molar-refractivity contribution is 5.89. The smallest absolute Gasteiger partial charge is 0.224 e. The Morgan fingerprint density at radius 1 is 1.31 bits per heavy atom. The standard InChI is InChI=1S/C18H21N7O/c1-3-20-18(26)13-6-9-25(11-13)17-14-10-21-24(2)16(14)22-15(23-17)12-4-7-19-8-5-12/h4-5,7-8,10,13H,3,6,9,11H2,1-2H3,(H,20,26)/t13-/m0/s1. The first kappa shape index (κ1) is 16.4. The summed E-state index contributed by atoms with van der Waals surface area (Å²) < 4.78 is 1.75. The fourth-order valence-corrected chi connectivity index (χ4v) is 3.36. The van der Waals surface area contributed by atoms with Gasteiger partial charge in [-0.2, -0.15) is 5.10 Å². The van der Waals surface area contributed by atoms with E-state index in [9.17, 15) is 4.79 Å². The number of rotatable bonds is 4. The Labute approximate surface area is 151 Å². The zero-order valence-electron chi connectivity index (χ0n) is 14.9. The summed E-state index contributed by atoms with van der Waals surface area (Å²) >= 11 is 0. The molecule has 0 unspecified atom stereocenters. The largest absolute Gasteiger partial charge is 0.356 e. The lowest BCUT2D eigenvalue weighted by Crippen LogP contribution is -2.32. The van der Waals surface area contributed by atoms with E-state index in [0.29, 0.717) is 18.9 Å². The molecule has 3 aromatic rings. The third-order valence-electron chi connectivity index (χ3n) is 4.72. The van der Waals surface area contributed by atoms with Gasteiger partial charge in [0.2, 0.25) is 5.91 Å². The van der Waals surface area contributed by atoms with E-state index >= 15 is 0 Å². The molecular weight excluding hydrogens is 330 g/mol. The number of hydrogen-bond donors (Lipinski definition) is 1. The van der Waals surface area contributed by atoms with Crippen LogP contribution in [0.25, 0.3) is 22.4 Å². The van der Waals surface area contributed by atoms with Gasteiger partial charge in [0.1, 0.15) is 5.82 Å². The van der Waals surface area contributed by atoms with Crippen molar-refractivity contribution in [2.24, 2.45) is 13.0 Å². The van der Waals surface area contributed by atoms with Crippen molar-refractivity contribution >= 4 is 22.8 Å². The molecule has 0 saturated carbocycles. The number of nitrogens with one attached hydrogen (secondary N) is 1. The highest BCUT2D eigenvalue weighted by Gasteiger charge is 2.30. The number of nitrogens with zero attached hydrogens (tertiary/aromatic N) is 6. The number of aryl methyl sites for hydroxylation is 1. The van der Waals surface area contributed by atoms with Crippen LogP contribution in [0.2, 0.25) is 0 Å². The molecule has 1 amide bonds. The molecule has 26 heavy (non-hydrogen) atoms. The average Bonchev–Trinajstić information content (AvgIpc) is 3.30. The molecule has 3 aromatic heterocycles. The number of carbonyl (C=O) groups excluding carboxylic acids is 1. The van der Waals surface area contributed by atoms with E-state index in [1.807, 2.05) is 26.1 Å². The van der Waals surface area contributed by atoms with E-state index in [2.05, 4.69) is 25.3 Å². The molecule has 0 bridgehead atoms. The summed E-state index contributed by atoms with van der Waals surface area (Å²) in [6.45, 7) is 4.04. The van der Waals surface area contributed by atoms with Crippen LogP contribution >= 0.6 is 0 Å². The zero-order valence-corrected chi connectivity index (χ0v) is 14.9. The molecule has 1 saturated heterocycles. The van der Waals surface area contributed by atoms with Crippen LogP contribution < -0.4 is 10.2 Å². The van der Waals surface area contributed by atoms with Crippen molar-refractivity contribution in [2.45, 2.75) is 13.3 Å². The summed E-state index contributed by atoms with van der Waals surface area (Å²) in [5.41, 5.74) is 1.69. The molecule has 134 valence electrons. The second-order valence-electron chi connectivity index (χ2n) is 6.44. The maximum absolute atomic E-state index is 12.2. The van der Waals surface area contributed by atoms with Crippen LogP contribution in [0.5, 0.6) is 0 Å². The lowest BCUT2D eigenvalue weighted by Gasteiger charge is -2.19. The minimum absolute atomic E-state index is 0.0130. The van der Waals surface area contributed by atoms with Crippen LogP contribution in [-0.4, -0.2) is 50.3 Å². The first-order valence-corrected chi connectivity index (χ1v) is 8.80.